The number of para-hydroxylation sites is 2. The van der Waals surface area contributed by atoms with Crippen LogP contribution in [0.3, 0.4) is 0 Å². The van der Waals surface area contributed by atoms with Gasteiger partial charge in [-0.05, 0) is 67.1 Å². The fourth-order valence-corrected chi connectivity index (χ4v) is 7.16. The summed E-state index contributed by atoms with van der Waals surface area (Å²) in [5, 5.41) is 7.81. The molecule has 0 aliphatic rings. The molecule has 0 unspecified atom stereocenters. The zero-order valence-electron chi connectivity index (χ0n) is 30.2. The molecule has 14 nitrogen and oxygen atoms in total. The van der Waals surface area contributed by atoms with Gasteiger partial charge in [-0.3, -0.25) is 29.8 Å². The molecule has 0 saturated carbocycles. The third-order valence-corrected chi connectivity index (χ3v) is 9.91. The van der Waals surface area contributed by atoms with Crippen molar-refractivity contribution in [2.75, 3.05) is 10.6 Å². The van der Waals surface area contributed by atoms with Gasteiger partial charge < -0.3 is 29.7 Å². The van der Waals surface area contributed by atoms with E-state index in [4.69, 9.17) is 16.5 Å². The average molecular weight is 733 g/mol. The predicted molar refractivity (Wildman–Crippen MR) is 212 cm³/mol. The number of hydrogen-bond donors (Lipinski definition) is 4. The molecule has 0 aliphatic carbocycles. The van der Waals surface area contributed by atoms with Gasteiger partial charge in [0.15, 0.2) is 0 Å². The summed E-state index contributed by atoms with van der Waals surface area (Å²) >= 11 is 0. The Labute approximate surface area is 313 Å². The quantitative estimate of drug-likeness (QED) is 0.132. The lowest BCUT2D eigenvalue weighted by Gasteiger charge is -2.11. The highest BCUT2D eigenvalue weighted by Gasteiger charge is 2.21. The zero-order chi connectivity index (χ0) is 38.5. The fraction of sp³-hybridized carbons (Fsp3) is 0.122. The van der Waals surface area contributed by atoms with Crippen molar-refractivity contribution < 1.29 is 19.2 Å². The van der Waals surface area contributed by atoms with Gasteiger partial charge in [0.25, 0.3) is 11.8 Å². The van der Waals surface area contributed by atoms with Crippen molar-refractivity contribution in [2.45, 2.75) is 20.0 Å². The molecule has 0 bridgehead atoms. The number of fused-ring (bicyclic) bond motifs is 4. The van der Waals surface area contributed by atoms with E-state index in [1.807, 2.05) is 112 Å². The first kappa shape index (κ1) is 34.6. The Morgan fingerprint density at radius 2 is 1.13 bits per heavy atom. The number of aromatic nitrogens is 6. The van der Waals surface area contributed by atoms with E-state index in [1.54, 1.807) is 30.3 Å². The van der Waals surface area contributed by atoms with Crippen molar-refractivity contribution in [2.24, 2.45) is 25.6 Å². The Balaban J connectivity index is 1.12. The van der Waals surface area contributed by atoms with Gasteiger partial charge in [-0.1, -0.05) is 48.6 Å². The molecule has 55 heavy (non-hydrogen) atoms. The van der Waals surface area contributed by atoms with Gasteiger partial charge in [-0.15, -0.1) is 0 Å². The van der Waals surface area contributed by atoms with Gasteiger partial charge in [0.05, 0.1) is 22.1 Å². The molecule has 8 aromatic rings. The van der Waals surface area contributed by atoms with E-state index in [-0.39, 0.29) is 36.8 Å². The number of amides is 4. The largest absolute Gasteiger partial charge is 0.366 e. The lowest BCUT2D eigenvalue weighted by molar-refractivity contribution is 0.0992. The molecule has 8 rings (SSSR count). The number of primary amides is 2. The lowest BCUT2D eigenvalue weighted by atomic mass is 10.1. The summed E-state index contributed by atoms with van der Waals surface area (Å²) in [6.07, 6.45) is 3.82. The number of aryl methyl sites for hydroxylation is 3. The number of allylic oxidation sites excluding steroid dienone is 2. The maximum absolute atomic E-state index is 13.7. The van der Waals surface area contributed by atoms with Crippen molar-refractivity contribution in [3.05, 3.63) is 131 Å². The maximum Gasteiger partial charge on any atom is 0.274 e. The normalized spacial score (nSPS) is 11.7. The highest BCUT2D eigenvalue weighted by Crippen LogP contribution is 2.28. The third kappa shape index (κ3) is 6.14. The Hall–Kier alpha value is -7.48. The van der Waals surface area contributed by atoms with Crippen LogP contribution in [-0.2, 0) is 27.2 Å². The molecule has 0 spiro atoms. The summed E-state index contributed by atoms with van der Waals surface area (Å²) < 4.78 is 7.34. The van der Waals surface area contributed by atoms with Crippen LogP contribution >= 0.6 is 0 Å². The number of carbonyl (C=O) groups is 4. The van der Waals surface area contributed by atoms with Crippen molar-refractivity contribution in [1.29, 1.82) is 0 Å². The SMILES string of the molecule is Cc1cc(C(N)=O)cc2nc(NC(=O)c3cc4ccccc4n3C)n(CC=CCn3c(NC(=O)c4cc5ccccc5n4C)nc4cc(C(N)=O)ccc43)c12. The highest BCUT2D eigenvalue weighted by atomic mass is 16.2. The predicted octanol–water partition coefficient (Wildman–Crippen LogP) is 5.64. The molecule has 4 aromatic carbocycles. The minimum atomic E-state index is -0.591. The maximum atomic E-state index is 13.7. The summed E-state index contributed by atoms with van der Waals surface area (Å²) in [6, 6.07) is 27.4. The van der Waals surface area contributed by atoms with E-state index < -0.39 is 11.8 Å². The van der Waals surface area contributed by atoms with Crippen LogP contribution in [0.5, 0.6) is 0 Å². The van der Waals surface area contributed by atoms with Crippen molar-refractivity contribution >= 4 is 79.4 Å². The molecule has 14 heteroatoms. The summed E-state index contributed by atoms with van der Waals surface area (Å²) in [4.78, 5) is 60.9. The number of imidazole rings is 2. The van der Waals surface area contributed by atoms with E-state index in [9.17, 15) is 19.2 Å². The molecule has 4 heterocycles. The topological polar surface area (TPSA) is 190 Å². The molecule has 0 radical (unpaired) electrons. The first-order valence-electron chi connectivity index (χ1n) is 17.5. The molecule has 0 aliphatic heterocycles. The molecule has 0 fully saturated rings. The van der Waals surface area contributed by atoms with Gasteiger partial charge >= 0.3 is 0 Å². The Morgan fingerprint density at radius 3 is 1.69 bits per heavy atom. The molecule has 4 amide bonds. The summed E-state index contributed by atoms with van der Waals surface area (Å²) in [5.41, 5.74) is 17.6. The van der Waals surface area contributed by atoms with Crippen LogP contribution < -0.4 is 22.1 Å². The van der Waals surface area contributed by atoms with Gasteiger partial charge in [0.1, 0.15) is 11.4 Å². The minimum Gasteiger partial charge on any atom is -0.366 e. The Morgan fingerprint density at radius 1 is 0.618 bits per heavy atom. The standard InChI is InChI=1S/C41H36N10O4/c1-23-18-27(37(43)53)20-29-35(23)51(41(45-29)47-39(55)34-22-25-11-5-7-13-31(25)49(34)3)17-9-8-16-50-32-15-14-26(36(42)52)19-28(32)44-40(50)46-38(54)33-21-24-10-4-6-12-30(24)48(33)2/h4-15,18-22H,16-17H2,1-3H3,(H2,42,52)(H2,43,53)(H,44,46,54)(H,45,47,55). The second-order valence-corrected chi connectivity index (χ2v) is 13.4. The molecular weight excluding hydrogens is 697 g/mol. The smallest absolute Gasteiger partial charge is 0.274 e. The molecular formula is C41H36N10O4. The lowest BCUT2D eigenvalue weighted by Crippen LogP contribution is -2.19. The van der Waals surface area contributed by atoms with Crippen LogP contribution in [0.2, 0.25) is 0 Å². The third-order valence-electron chi connectivity index (χ3n) is 9.91. The van der Waals surface area contributed by atoms with Crippen LogP contribution in [0.15, 0.2) is 103 Å². The number of anilines is 2. The van der Waals surface area contributed by atoms with Gasteiger partial charge in [0.2, 0.25) is 23.7 Å². The first-order chi connectivity index (χ1) is 26.5. The number of carbonyl (C=O) groups excluding carboxylic acids is 4. The molecule has 6 N–H and O–H groups in total. The van der Waals surface area contributed by atoms with E-state index in [1.165, 1.54) is 0 Å². The first-order valence-corrected chi connectivity index (χ1v) is 17.5. The van der Waals surface area contributed by atoms with E-state index in [0.29, 0.717) is 39.1 Å². The molecule has 274 valence electrons. The van der Waals surface area contributed by atoms with E-state index in [2.05, 4.69) is 15.6 Å². The van der Waals surface area contributed by atoms with Crippen LogP contribution in [0.1, 0.15) is 47.3 Å². The molecule has 0 atom stereocenters. The van der Waals surface area contributed by atoms with Crippen LogP contribution in [0.25, 0.3) is 43.9 Å². The van der Waals surface area contributed by atoms with Crippen LogP contribution in [0, 0.1) is 6.92 Å². The van der Waals surface area contributed by atoms with Crippen molar-refractivity contribution in [1.82, 2.24) is 28.2 Å². The second-order valence-electron chi connectivity index (χ2n) is 13.4. The van der Waals surface area contributed by atoms with Gasteiger partial charge in [-0.2, -0.15) is 0 Å². The van der Waals surface area contributed by atoms with E-state index >= 15 is 0 Å². The number of hydrogen-bond acceptors (Lipinski definition) is 6. The summed E-state index contributed by atoms with van der Waals surface area (Å²) in [5.74, 6) is -1.31. The van der Waals surface area contributed by atoms with Crippen molar-refractivity contribution in [3.63, 3.8) is 0 Å². The van der Waals surface area contributed by atoms with Crippen LogP contribution in [0.4, 0.5) is 11.9 Å². The average Bonchev–Trinajstić information content (AvgIpc) is 3.90. The fourth-order valence-electron chi connectivity index (χ4n) is 7.16. The monoisotopic (exact) mass is 732 g/mol. The van der Waals surface area contributed by atoms with E-state index in [0.717, 1.165) is 32.9 Å². The van der Waals surface area contributed by atoms with Gasteiger partial charge in [0, 0.05) is 60.1 Å². The minimum absolute atomic E-state index is 0.280. The number of nitrogens with two attached hydrogens (primary N) is 2. The zero-order valence-corrected chi connectivity index (χ0v) is 30.2. The second kappa shape index (κ2) is 13.5. The van der Waals surface area contributed by atoms with Crippen LogP contribution in [-0.4, -0.2) is 51.9 Å². The van der Waals surface area contributed by atoms with Gasteiger partial charge in [-0.25, -0.2) is 9.97 Å². The number of nitrogens with zero attached hydrogens (tertiary/aromatic N) is 6. The highest BCUT2D eigenvalue weighted by molar-refractivity contribution is 6.08. The molecule has 0 saturated heterocycles. The number of rotatable bonds is 10. The summed E-state index contributed by atoms with van der Waals surface area (Å²) in [6.45, 7) is 2.43. The summed E-state index contributed by atoms with van der Waals surface area (Å²) in [7, 11) is 3.66. The number of benzene rings is 4. The number of nitrogens with one attached hydrogen (secondary N) is 2. The Bertz CT molecular complexity index is 2920. The van der Waals surface area contributed by atoms with Crippen molar-refractivity contribution in [3.8, 4) is 0 Å². The Kier molecular flexibility index (Phi) is 8.49. The molecule has 4 aromatic heterocycles.